The molecule has 2 amide bonds. The largest absolute Gasteiger partial charge is 0.342 e. The Balaban J connectivity index is 1.59. The topological polar surface area (TPSA) is 88.9 Å². The Morgan fingerprint density at radius 1 is 1.25 bits per heavy atom. The molecule has 0 bridgehead atoms. The Kier molecular flexibility index (Phi) is 4.30. The molecule has 3 rings (SSSR count). The Bertz CT molecular complexity index is 908. The number of rotatable bonds is 4. The van der Waals surface area contributed by atoms with Crippen LogP contribution >= 0.6 is 11.3 Å². The number of nitrogens with zero attached hydrogens (tertiary/aromatic N) is 3. The Hall–Kier alpha value is -2.74. The second-order valence-corrected chi connectivity index (χ2v) is 6.68. The number of benzene rings is 1. The van der Waals surface area contributed by atoms with Crippen molar-refractivity contribution in [1.82, 2.24) is 20.1 Å². The van der Waals surface area contributed by atoms with Gasteiger partial charge in [0.1, 0.15) is 5.69 Å². The molecule has 0 spiro atoms. The summed E-state index contributed by atoms with van der Waals surface area (Å²) in [7, 11) is 1.76. The first-order chi connectivity index (χ1) is 11.4. The van der Waals surface area contributed by atoms with E-state index in [1.807, 2.05) is 26.0 Å². The highest BCUT2D eigenvalue weighted by atomic mass is 32.1. The molecule has 0 aliphatic rings. The van der Waals surface area contributed by atoms with Crippen molar-refractivity contribution in [3.05, 3.63) is 40.7 Å². The molecule has 2 aromatic heterocycles. The number of fused-ring (bicyclic) bond motifs is 1. The van der Waals surface area contributed by atoms with Crippen molar-refractivity contribution in [2.24, 2.45) is 7.05 Å². The molecule has 2 N–H and O–H groups in total. The van der Waals surface area contributed by atoms with Crippen molar-refractivity contribution >= 4 is 39.1 Å². The van der Waals surface area contributed by atoms with Gasteiger partial charge in [0.2, 0.25) is 5.91 Å². The Morgan fingerprint density at radius 2 is 2.04 bits per heavy atom. The fourth-order valence-corrected chi connectivity index (χ4v) is 3.11. The van der Waals surface area contributed by atoms with E-state index in [2.05, 4.69) is 20.7 Å². The first-order valence-electron chi connectivity index (χ1n) is 7.38. The molecule has 0 fully saturated rings. The molecule has 2 heterocycles. The maximum atomic E-state index is 12.0. The van der Waals surface area contributed by atoms with Gasteiger partial charge in [-0.2, -0.15) is 5.10 Å². The standard InChI is InChI=1S/C16H17N5O2S/c1-9-6-13(20-21(9)3)16(23)17-8-15(22)19-11-4-5-12-14(7-11)24-10(2)18-12/h4-7H,8H2,1-3H3,(H,17,23)(H,19,22). The van der Waals surface area contributed by atoms with Gasteiger partial charge in [0.15, 0.2) is 0 Å². The highest BCUT2D eigenvalue weighted by Crippen LogP contribution is 2.24. The van der Waals surface area contributed by atoms with Crippen LogP contribution in [-0.2, 0) is 11.8 Å². The highest BCUT2D eigenvalue weighted by Gasteiger charge is 2.12. The van der Waals surface area contributed by atoms with E-state index < -0.39 is 0 Å². The van der Waals surface area contributed by atoms with Crippen molar-refractivity contribution in [3.63, 3.8) is 0 Å². The zero-order valence-corrected chi connectivity index (χ0v) is 14.4. The molecule has 0 saturated carbocycles. The molecule has 1 aromatic carbocycles. The summed E-state index contributed by atoms with van der Waals surface area (Å²) < 4.78 is 2.62. The molecular formula is C16H17N5O2S. The van der Waals surface area contributed by atoms with Crippen LogP contribution in [0, 0.1) is 13.8 Å². The number of hydrogen-bond acceptors (Lipinski definition) is 5. The van der Waals surface area contributed by atoms with Gasteiger partial charge in [-0.3, -0.25) is 14.3 Å². The van der Waals surface area contributed by atoms with Crippen LogP contribution in [0.4, 0.5) is 5.69 Å². The van der Waals surface area contributed by atoms with Crippen LogP contribution in [0.15, 0.2) is 24.3 Å². The van der Waals surface area contributed by atoms with Crippen molar-refractivity contribution in [2.45, 2.75) is 13.8 Å². The smallest absolute Gasteiger partial charge is 0.272 e. The van der Waals surface area contributed by atoms with Gasteiger partial charge in [-0.15, -0.1) is 11.3 Å². The summed E-state index contributed by atoms with van der Waals surface area (Å²) in [5.41, 5.74) is 2.76. The minimum atomic E-state index is -0.373. The van der Waals surface area contributed by atoms with E-state index in [1.54, 1.807) is 35.2 Å². The summed E-state index contributed by atoms with van der Waals surface area (Å²) in [4.78, 5) is 28.3. The number of thiazole rings is 1. The van der Waals surface area contributed by atoms with Crippen LogP contribution in [0.25, 0.3) is 10.2 Å². The van der Waals surface area contributed by atoms with Gasteiger partial charge in [0.05, 0.1) is 21.8 Å². The van der Waals surface area contributed by atoms with Gasteiger partial charge in [-0.25, -0.2) is 4.98 Å². The average molecular weight is 343 g/mol. The minimum absolute atomic E-state index is 0.117. The van der Waals surface area contributed by atoms with Gasteiger partial charge < -0.3 is 10.6 Å². The van der Waals surface area contributed by atoms with Gasteiger partial charge in [-0.05, 0) is 38.1 Å². The van der Waals surface area contributed by atoms with Crippen LogP contribution in [0.3, 0.4) is 0 Å². The minimum Gasteiger partial charge on any atom is -0.342 e. The summed E-state index contributed by atoms with van der Waals surface area (Å²) >= 11 is 1.57. The van der Waals surface area contributed by atoms with E-state index in [9.17, 15) is 9.59 Å². The second kappa shape index (κ2) is 6.40. The van der Waals surface area contributed by atoms with E-state index in [-0.39, 0.29) is 18.4 Å². The number of anilines is 1. The molecule has 0 aliphatic heterocycles. The summed E-state index contributed by atoms with van der Waals surface area (Å²) in [5.74, 6) is -0.668. The normalized spacial score (nSPS) is 10.8. The molecule has 0 atom stereocenters. The number of hydrogen-bond donors (Lipinski definition) is 2. The monoisotopic (exact) mass is 343 g/mol. The van der Waals surface area contributed by atoms with Gasteiger partial charge in [-0.1, -0.05) is 0 Å². The zero-order chi connectivity index (χ0) is 17.3. The van der Waals surface area contributed by atoms with Crippen LogP contribution < -0.4 is 10.6 Å². The lowest BCUT2D eigenvalue weighted by atomic mass is 10.3. The van der Waals surface area contributed by atoms with E-state index in [1.165, 1.54) is 0 Å². The first-order valence-corrected chi connectivity index (χ1v) is 8.20. The molecule has 8 heteroatoms. The van der Waals surface area contributed by atoms with Crippen molar-refractivity contribution in [1.29, 1.82) is 0 Å². The Morgan fingerprint density at radius 3 is 2.75 bits per heavy atom. The predicted molar refractivity (Wildman–Crippen MR) is 93.3 cm³/mol. The lowest BCUT2D eigenvalue weighted by Gasteiger charge is -2.06. The van der Waals surface area contributed by atoms with E-state index in [0.717, 1.165) is 20.9 Å². The fourth-order valence-electron chi connectivity index (χ4n) is 2.25. The molecule has 0 aliphatic carbocycles. The SMILES string of the molecule is Cc1nc2ccc(NC(=O)CNC(=O)c3cc(C)n(C)n3)cc2s1. The Labute approximate surface area is 142 Å². The number of aromatic nitrogens is 3. The molecule has 24 heavy (non-hydrogen) atoms. The van der Waals surface area contributed by atoms with Crippen LogP contribution in [-0.4, -0.2) is 33.1 Å². The van der Waals surface area contributed by atoms with Gasteiger partial charge in [0, 0.05) is 18.4 Å². The van der Waals surface area contributed by atoms with E-state index in [4.69, 9.17) is 0 Å². The third-order valence-electron chi connectivity index (χ3n) is 3.54. The number of aryl methyl sites for hydroxylation is 3. The molecule has 0 radical (unpaired) electrons. The third kappa shape index (κ3) is 3.43. The maximum absolute atomic E-state index is 12.0. The molecule has 0 saturated heterocycles. The molecular weight excluding hydrogens is 326 g/mol. The lowest BCUT2D eigenvalue weighted by molar-refractivity contribution is -0.115. The highest BCUT2D eigenvalue weighted by molar-refractivity contribution is 7.18. The van der Waals surface area contributed by atoms with Gasteiger partial charge >= 0.3 is 0 Å². The molecule has 124 valence electrons. The third-order valence-corrected chi connectivity index (χ3v) is 4.47. The average Bonchev–Trinajstić information content (AvgIpc) is 3.06. The first kappa shape index (κ1) is 16.1. The molecule has 3 aromatic rings. The second-order valence-electron chi connectivity index (χ2n) is 5.44. The van der Waals surface area contributed by atoms with Crippen molar-refractivity contribution < 1.29 is 9.59 Å². The predicted octanol–water partition coefficient (Wildman–Crippen LogP) is 2.02. The number of carbonyl (C=O) groups excluding carboxylic acids is 2. The van der Waals surface area contributed by atoms with E-state index in [0.29, 0.717) is 11.4 Å². The lowest BCUT2D eigenvalue weighted by Crippen LogP contribution is -2.33. The number of carbonyl (C=O) groups is 2. The van der Waals surface area contributed by atoms with Crippen LogP contribution in [0.1, 0.15) is 21.2 Å². The summed E-state index contributed by atoms with van der Waals surface area (Å²) in [6.45, 7) is 3.68. The number of nitrogens with one attached hydrogen (secondary N) is 2. The fraction of sp³-hybridized carbons (Fsp3) is 0.250. The van der Waals surface area contributed by atoms with Crippen LogP contribution in [0.5, 0.6) is 0 Å². The zero-order valence-electron chi connectivity index (χ0n) is 13.6. The number of amides is 2. The summed E-state index contributed by atoms with van der Waals surface area (Å²) in [6, 6.07) is 7.21. The van der Waals surface area contributed by atoms with Gasteiger partial charge in [0.25, 0.3) is 5.91 Å². The molecule has 7 nitrogen and oxygen atoms in total. The van der Waals surface area contributed by atoms with E-state index >= 15 is 0 Å². The van der Waals surface area contributed by atoms with Crippen LogP contribution in [0.2, 0.25) is 0 Å². The molecule has 0 unspecified atom stereocenters. The summed E-state index contributed by atoms with van der Waals surface area (Å²) in [5, 5.41) is 10.4. The maximum Gasteiger partial charge on any atom is 0.272 e. The summed E-state index contributed by atoms with van der Waals surface area (Å²) in [6.07, 6.45) is 0. The van der Waals surface area contributed by atoms with Crippen molar-refractivity contribution in [3.8, 4) is 0 Å². The van der Waals surface area contributed by atoms with Crippen molar-refractivity contribution in [2.75, 3.05) is 11.9 Å². The quantitative estimate of drug-likeness (QED) is 0.758.